The Morgan fingerprint density at radius 2 is 1.74 bits per heavy atom. The molecule has 2 aromatic rings. The van der Waals surface area contributed by atoms with Gasteiger partial charge in [0.05, 0.1) is 6.10 Å². The molecule has 3 rings (SSSR count). The number of hydrogen-bond acceptors (Lipinski definition) is 1. The van der Waals surface area contributed by atoms with E-state index in [1.165, 1.54) is 36.5 Å². The maximum absolute atomic E-state index is 10.4. The van der Waals surface area contributed by atoms with Crippen LogP contribution in [0.2, 0.25) is 0 Å². The zero-order chi connectivity index (χ0) is 13.2. The number of hydrogen-bond donors (Lipinski definition) is 1. The average Bonchev–Trinajstić information content (AvgIpc) is 2.91. The lowest BCUT2D eigenvalue weighted by molar-refractivity contribution is 0.145. The minimum atomic E-state index is -0.309. The normalized spacial score (nSPS) is 18.0. The molecular weight excluding hydrogens is 300 g/mol. The maximum atomic E-state index is 10.4. The predicted octanol–water partition coefficient (Wildman–Crippen LogP) is 5.22. The summed E-state index contributed by atoms with van der Waals surface area (Å²) in [5, 5.41) is 12.8. The van der Waals surface area contributed by atoms with Crippen LogP contribution >= 0.6 is 15.9 Å². The van der Waals surface area contributed by atoms with Crippen LogP contribution in [0.4, 0.5) is 0 Å². The molecule has 1 aliphatic carbocycles. The van der Waals surface area contributed by atoms with E-state index in [4.69, 9.17) is 0 Å². The van der Waals surface area contributed by atoms with Crippen LogP contribution in [0.15, 0.2) is 40.9 Å². The third-order valence-corrected chi connectivity index (χ3v) is 4.74. The molecule has 1 nitrogen and oxygen atoms in total. The first-order chi connectivity index (χ1) is 9.22. The first kappa shape index (κ1) is 13.1. The Labute approximate surface area is 122 Å². The van der Waals surface area contributed by atoms with E-state index in [-0.39, 0.29) is 6.10 Å². The standard InChI is InChI=1S/C17H19BrO/c18-16-8-7-13-10-15(6-5-14(13)11-16)17(19)9-12-3-1-2-4-12/h5-8,10-12,17,19H,1-4,9H2. The van der Waals surface area contributed by atoms with Crippen molar-refractivity contribution in [3.05, 3.63) is 46.4 Å². The lowest BCUT2D eigenvalue weighted by atomic mass is 9.94. The third kappa shape index (κ3) is 3.01. The first-order valence-electron chi connectivity index (χ1n) is 7.09. The van der Waals surface area contributed by atoms with Gasteiger partial charge in [-0.15, -0.1) is 0 Å². The molecular formula is C17H19BrO. The van der Waals surface area contributed by atoms with Crippen molar-refractivity contribution in [2.75, 3.05) is 0 Å². The molecule has 0 spiro atoms. The van der Waals surface area contributed by atoms with Gasteiger partial charge < -0.3 is 5.11 Å². The fourth-order valence-electron chi connectivity index (χ4n) is 3.14. The minimum absolute atomic E-state index is 0.309. The highest BCUT2D eigenvalue weighted by atomic mass is 79.9. The molecule has 2 heteroatoms. The lowest BCUT2D eigenvalue weighted by Crippen LogP contribution is -2.04. The van der Waals surface area contributed by atoms with Gasteiger partial charge in [-0.3, -0.25) is 0 Å². The predicted molar refractivity (Wildman–Crippen MR) is 83.2 cm³/mol. The van der Waals surface area contributed by atoms with Gasteiger partial charge in [0.1, 0.15) is 0 Å². The van der Waals surface area contributed by atoms with Crippen molar-refractivity contribution in [2.45, 2.75) is 38.2 Å². The molecule has 100 valence electrons. The van der Waals surface area contributed by atoms with Gasteiger partial charge in [0.15, 0.2) is 0 Å². The molecule has 0 bridgehead atoms. The van der Waals surface area contributed by atoms with Crippen LogP contribution in [0.3, 0.4) is 0 Å². The molecule has 0 radical (unpaired) electrons. The highest BCUT2D eigenvalue weighted by Crippen LogP contribution is 2.33. The summed E-state index contributed by atoms with van der Waals surface area (Å²) in [6.45, 7) is 0. The third-order valence-electron chi connectivity index (χ3n) is 4.24. The quantitative estimate of drug-likeness (QED) is 0.823. The summed E-state index contributed by atoms with van der Waals surface area (Å²) >= 11 is 3.49. The molecule has 0 aromatic heterocycles. The Kier molecular flexibility index (Phi) is 3.90. The molecule has 1 atom stereocenters. The number of rotatable bonds is 3. The van der Waals surface area contributed by atoms with Crippen LogP contribution in [-0.4, -0.2) is 5.11 Å². The van der Waals surface area contributed by atoms with E-state index in [0.717, 1.165) is 22.4 Å². The summed E-state index contributed by atoms with van der Waals surface area (Å²) < 4.78 is 1.10. The molecule has 0 aliphatic heterocycles. The van der Waals surface area contributed by atoms with Crippen LogP contribution in [0.5, 0.6) is 0 Å². The zero-order valence-electron chi connectivity index (χ0n) is 11.0. The lowest BCUT2D eigenvalue weighted by Gasteiger charge is -2.16. The maximum Gasteiger partial charge on any atom is 0.0792 e. The number of benzene rings is 2. The molecule has 19 heavy (non-hydrogen) atoms. The highest BCUT2D eigenvalue weighted by Gasteiger charge is 2.19. The van der Waals surface area contributed by atoms with Crippen molar-refractivity contribution < 1.29 is 5.11 Å². The fourth-order valence-corrected chi connectivity index (χ4v) is 3.52. The van der Waals surface area contributed by atoms with Crippen LogP contribution < -0.4 is 0 Å². The number of fused-ring (bicyclic) bond motifs is 1. The van der Waals surface area contributed by atoms with Gasteiger partial charge in [-0.2, -0.15) is 0 Å². The molecule has 0 saturated heterocycles. The molecule has 1 saturated carbocycles. The molecule has 1 unspecified atom stereocenters. The Morgan fingerprint density at radius 3 is 2.53 bits per heavy atom. The van der Waals surface area contributed by atoms with Crippen LogP contribution in [0.25, 0.3) is 10.8 Å². The molecule has 1 aliphatic rings. The van der Waals surface area contributed by atoms with Crippen molar-refractivity contribution in [1.82, 2.24) is 0 Å². The molecule has 0 amide bonds. The molecule has 2 aromatic carbocycles. The van der Waals surface area contributed by atoms with Crippen LogP contribution in [-0.2, 0) is 0 Å². The second-order valence-electron chi connectivity index (χ2n) is 5.65. The Balaban J connectivity index is 1.81. The average molecular weight is 319 g/mol. The van der Waals surface area contributed by atoms with E-state index in [0.29, 0.717) is 0 Å². The van der Waals surface area contributed by atoms with E-state index in [2.05, 4.69) is 52.3 Å². The monoisotopic (exact) mass is 318 g/mol. The summed E-state index contributed by atoms with van der Waals surface area (Å²) in [7, 11) is 0. The fraction of sp³-hybridized carbons (Fsp3) is 0.412. The molecule has 1 fully saturated rings. The van der Waals surface area contributed by atoms with Gasteiger partial charge in [0.2, 0.25) is 0 Å². The summed E-state index contributed by atoms with van der Waals surface area (Å²) in [5.74, 6) is 0.718. The van der Waals surface area contributed by atoms with E-state index in [9.17, 15) is 5.11 Å². The van der Waals surface area contributed by atoms with E-state index >= 15 is 0 Å². The van der Waals surface area contributed by atoms with Gasteiger partial charge in [0, 0.05) is 4.47 Å². The Bertz CT molecular complexity index is 572. The number of halogens is 1. The summed E-state index contributed by atoms with van der Waals surface area (Å²) in [4.78, 5) is 0. The van der Waals surface area contributed by atoms with Crippen molar-refractivity contribution in [1.29, 1.82) is 0 Å². The highest BCUT2D eigenvalue weighted by molar-refractivity contribution is 9.10. The number of aliphatic hydroxyl groups excluding tert-OH is 1. The van der Waals surface area contributed by atoms with E-state index < -0.39 is 0 Å². The van der Waals surface area contributed by atoms with Gasteiger partial charge >= 0.3 is 0 Å². The minimum Gasteiger partial charge on any atom is -0.388 e. The topological polar surface area (TPSA) is 20.2 Å². The largest absolute Gasteiger partial charge is 0.388 e. The first-order valence-corrected chi connectivity index (χ1v) is 7.89. The van der Waals surface area contributed by atoms with Gasteiger partial charge in [-0.05, 0) is 46.9 Å². The van der Waals surface area contributed by atoms with Crippen molar-refractivity contribution >= 4 is 26.7 Å². The van der Waals surface area contributed by atoms with Gasteiger partial charge in [-0.1, -0.05) is 59.8 Å². The van der Waals surface area contributed by atoms with Crippen molar-refractivity contribution in [3.8, 4) is 0 Å². The molecule has 1 N–H and O–H groups in total. The second-order valence-corrected chi connectivity index (χ2v) is 6.57. The zero-order valence-corrected chi connectivity index (χ0v) is 12.6. The van der Waals surface area contributed by atoms with Crippen LogP contribution in [0, 0.1) is 5.92 Å². The summed E-state index contributed by atoms with van der Waals surface area (Å²) in [6, 6.07) is 12.6. The van der Waals surface area contributed by atoms with Crippen molar-refractivity contribution in [2.24, 2.45) is 5.92 Å². The Morgan fingerprint density at radius 1 is 1.05 bits per heavy atom. The van der Waals surface area contributed by atoms with E-state index in [1.54, 1.807) is 0 Å². The van der Waals surface area contributed by atoms with Gasteiger partial charge in [0.25, 0.3) is 0 Å². The second kappa shape index (κ2) is 5.64. The van der Waals surface area contributed by atoms with Gasteiger partial charge in [-0.25, -0.2) is 0 Å². The summed E-state index contributed by atoms with van der Waals surface area (Å²) in [5.41, 5.74) is 1.06. The van der Waals surface area contributed by atoms with Crippen LogP contribution in [0.1, 0.15) is 43.8 Å². The SMILES string of the molecule is OC(CC1CCCC1)c1ccc2cc(Br)ccc2c1. The Hall–Kier alpha value is -0.860. The smallest absolute Gasteiger partial charge is 0.0792 e. The summed E-state index contributed by atoms with van der Waals surface area (Å²) in [6.07, 6.45) is 5.86. The molecule has 0 heterocycles. The number of aliphatic hydroxyl groups is 1. The van der Waals surface area contributed by atoms with Crippen molar-refractivity contribution in [3.63, 3.8) is 0 Å². The van der Waals surface area contributed by atoms with E-state index in [1.807, 2.05) is 0 Å².